The third-order valence-corrected chi connectivity index (χ3v) is 6.41. The van der Waals surface area contributed by atoms with Gasteiger partial charge in [0.1, 0.15) is 16.2 Å². The Bertz CT molecular complexity index is 931. The Hall–Kier alpha value is -1.90. The third-order valence-electron chi connectivity index (χ3n) is 4.54. The summed E-state index contributed by atoms with van der Waals surface area (Å²) >= 11 is 2.99. The number of rotatable bonds is 7. The molecule has 0 bridgehead atoms. The molecule has 1 fully saturated rings. The first-order valence-electron chi connectivity index (χ1n) is 9.12. The number of aromatic nitrogens is 2. The van der Waals surface area contributed by atoms with E-state index in [-0.39, 0.29) is 5.91 Å². The van der Waals surface area contributed by atoms with Crippen molar-refractivity contribution in [2.45, 2.75) is 30.7 Å². The molecular weight excluding hydrogens is 380 g/mol. The van der Waals surface area contributed by atoms with Gasteiger partial charge in [-0.05, 0) is 50.6 Å². The van der Waals surface area contributed by atoms with Crippen LogP contribution in [0.1, 0.15) is 33.9 Å². The van der Waals surface area contributed by atoms with Crippen LogP contribution in [0.2, 0.25) is 0 Å². The van der Waals surface area contributed by atoms with Crippen molar-refractivity contribution in [1.82, 2.24) is 20.2 Å². The van der Waals surface area contributed by atoms with Gasteiger partial charge >= 0.3 is 0 Å². The zero-order valence-corrected chi connectivity index (χ0v) is 16.9. The normalized spacial score (nSPS) is 14.9. The fourth-order valence-electron chi connectivity index (χ4n) is 3.11. The van der Waals surface area contributed by atoms with Gasteiger partial charge in [-0.3, -0.25) is 4.79 Å². The lowest BCUT2D eigenvalue weighted by molar-refractivity contribution is 0.0945. The Morgan fingerprint density at radius 2 is 2.19 bits per heavy atom. The number of thiazole rings is 1. The number of thioether (sulfide) groups is 1. The van der Waals surface area contributed by atoms with Crippen molar-refractivity contribution in [2.24, 2.45) is 0 Å². The Morgan fingerprint density at radius 1 is 1.33 bits per heavy atom. The van der Waals surface area contributed by atoms with E-state index in [2.05, 4.69) is 20.2 Å². The predicted octanol–water partition coefficient (Wildman–Crippen LogP) is 3.71. The summed E-state index contributed by atoms with van der Waals surface area (Å²) in [6, 6.07) is 5.96. The lowest BCUT2D eigenvalue weighted by Crippen LogP contribution is -2.33. The molecule has 2 aromatic heterocycles. The second-order valence-corrected chi connectivity index (χ2v) is 8.54. The summed E-state index contributed by atoms with van der Waals surface area (Å²) < 4.78 is 5.75. The number of carbonyl (C=O) groups excluding carboxylic acids is 1. The van der Waals surface area contributed by atoms with E-state index in [0.717, 1.165) is 41.3 Å². The number of oxazole rings is 1. The maximum atomic E-state index is 12.2. The van der Waals surface area contributed by atoms with Crippen molar-refractivity contribution in [3.8, 4) is 0 Å². The van der Waals surface area contributed by atoms with Gasteiger partial charge in [-0.1, -0.05) is 17.8 Å². The molecule has 1 N–H and O–H groups in total. The third kappa shape index (κ3) is 4.69. The molecule has 1 aromatic carbocycles. The van der Waals surface area contributed by atoms with Crippen molar-refractivity contribution < 1.29 is 9.21 Å². The van der Waals surface area contributed by atoms with Gasteiger partial charge in [-0.2, -0.15) is 0 Å². The van der Waals surface area contributed by atoms with E-state index in [1.807, 2.05) is 30.5 Å². The summed E-state index contributed by atoms with van der Waals surface area (Å²) in [4.78, 5) is 23.6. The van der Waals surface area contributed by atoms with Gasteiger partial charge in [-0.15, -0.1) is 11.3 Å². The minimum atomic E-state index is -0.0981. The van der Waals surface area contributed by atoms with Crippen LogP contribution in [0.5, 0.6) is 0 Å². The maximum Gasteiger partial charge on any atom is 0.270 e. The highest BCUT2D eigenvalue weighted by molar-refractivity contribution is 7.98. The van der Waals surface area contributed by atoms with Crippen LogP contribution in [-0.4, -0.2) is 47.0 Å². The molecule has 3 heterocycles. The monoisotopic (exact) mass is 402 g/mol. The number of amides is 1. The molecule has 4 rings (SSSR count). The Labute approximate surface area is 166 Å². The quantitative estimate of drug-likeness (QED) is 0.608. The van der Waals surface area contributed by atoms with Gasteiger partial charge in [0, 0.05) is 18.5 Å². The zero-order valence-electron chi connectivity index (χ0n) is 15.2. The second kappa shape index (κ2) is 8.41. The predicted molar refractivity (Wildman–Crippen MR) is 108 cm³/mol. The van der Waals surface area contributed by atoms with Gasteiger partial charge in [0.05, 0.1) is 5.75 Å². The number of nitrogens with one attached hydrogen (secondary N) is 1. The highest BCUT2D eigenvalue weighted by Gasteiger charge is 2.14. The summed E-state index contributed by atoms with van der Waals surface area (Å²) in [6.07, 6.45) is 2.53. The van der Waals surface area contributed by atoms with Crippen LogP contribution in [0.3, 0.4) is 0 Å². The van der Waals surface area contributed by atoms with E-state index in [1.165, 1.54) is 35.9 Å². The Balaban J connectivity index is 1.28. The zero-order chi connectivity index (χ0) is 18.6. The van der Waals surface area contributed by atoms with Crippen molar-refractivity contribution in [2.75, 3.05) is 26.2 Å². The van der Waals surface area contributed by atoms with Crippen LogP contribution in [-0.2, 0) is 5.75 Å². The molecule has 0 aliphatic carbocycles. The molecule has 0 atom stereocenters. The van der Waals surface area contributed by atoms with Gasteiger partial charge in [0.25, 0.3) is 11.1 Å². The van der Waals surface area contributed by atoms with Crippen LogP contribution in [0.15, 0.2) is 33.2 Å². The SMILES string of the molecule is Cc1ccc2oc(SCc3nc(C(=O)NCCN4CCCC4)cs3)nc2c1. The topological polar surface area (TPSA) is 71.3 Å². The van der Waals surface area contributed by atoms with Crippen molar-refractivity contribution in [3.63, 3.8) is 0 Å². The van der Waals surface area contributed by atoms with Crippen molar-refractivity contribution in [3.05, 3.63) is 39.8 Å². The van der Waals surface area contributed by atoms with Crippen LogP contribution < -0.4 is 5.32 Å². The fraction of sp³-hybridized carbons (Fsp3) is 0.421. The lowest BCUT2D eigenvalue weighted by Gasteiger charge is -2.14. The van der Waals surface area contributed by atoms with Crippen LogP contribution in [0.25, 0.3) is 11.1 Å². The minimum Gasteiger partial charge on any atom is -0.431 e. The maximum absolute atomic E-state index is 12.2. The highest BCUT2D eigenvalue weighted by atomic mass is 32.2. The Morgan fingerprint density at radius 3 is 3.04 bits per heavy atom. The van der Waals surface area contributed by atoms with Crippen molar-refractivity contribution in [1.29, 1.82) is 0 Å². The fourth-order valence-corrected chi connectivity index (χ4v) is 4.74. The summed E-state index contributed by atoms with van der Waals surface area (Å²) in [7, 11) is 0. The molecule has 0 radical (unpaired) electrons. The summed E-state index contributed by atoms with van der Waals surface area (Å²) in [5.41, 5.74) is 3.31. The number of fused-ring (bicyclic) bond motifs is 1. The first kappa shape index (κ1) is 18.5. The molecule has 0 unspecified atom stereocenters. The van der Waals surface area contributed by atoms with Gasteiger partial charge in [-0.25, -0.2) is 9.97 Å². The van der Waals surface area contributed by atoms with Crippen LogP contribution in [0.4, 0.5) is 0 Å². The number of hydrogen-bond donors (Lipinski definition) is 1. The van der Waals surface area contributed by atoms with Crippen LogP contribution >= 0.6 is 23.1 Å². The molecule has 27 heavy (non-hydrogen) atoms. The summed E-state index contributed by atoms with van der Waals surface area (Å²) in [6.45, 7) is 5.90. The molecule has 6 nitrogen and oxygen atoms in total. The molecule has 1 amide bonds. The molecule has 3 aromatic rings. The van der Waals surface area contributed by atoms with Gasteiger partial charge in [0.2, 0.25) is 0 Å². The number of benzene rings is 1. The first-order chi connectivity index (χ1) is 13.2. The average molecular weight is 403 g/mol. The largest absolute Gasteiger partial charge is 0.431 e. The molecule has 0 spiro atoms. The van der Waals surface area contributed by atoms with Gasteiger partial charge in [0.15, 0.2) is 5.58 Å². The van der Waals surface area contributed by atoms with Gasteiger partial charge < -0.3 is 14.6 Å². The molecule has 0 saturated carbocycles. The number of likely N-dealkylation sites (tertiary alicyclic amines) is 1. The molecule has 8 heteroatoms. The van der Waals surface area contributed by atoms with E-state index in [4.69, 9.17) is 4.42 Å². The van der Waals surface area contributed by atoms with E-state index in [9.17, 15) is 4.79 Å². The molecule has 1 aliphatic rings. The summed E-state index contributed by atoms with van der Waals surface area (Å²) in [5, 5.41) is 6.30. The highest BCUT2D eigenvalue weighted by Crippen LogP contribution is 2.27. The molecule has 1 saturated heterocycles. The van der Waals surface area contributed by atoms with E-state index in [1.54, 1.807) is 0 Å². The molecule has 1 aliphatic heterocycles. The summed E-state index contributed by atoms with van der Waals surface area (Å²) in [5.74, 6) is 0.538. The molecule has 142 valence electrons. The standard InChI is InChI=1S/C19H22N4O2S2/c1-13-4-5-16-14(10-13)22-19(25-16)27-12-17-21-15(11-26-17)18(24)20-6-9-23-7-2-3-8-23/h4-5,10-11H,2-3,6-9,12H2,1H3,(H,20,24). The van der Waals surface area contributed by atoms with E-state index in [0.29, 0.717) is 23.2 Å². The smallest absolute Gasteiger partial charge is 0.270 e. The number of carbonyl (C=O) groups is 1. The Kier molecular flexibility index (Phi) is 5.75. The second-order valence-electron chi connectivity index (χ2n) is 6.67. The average Bonchev–Trinajstić information content (AvgIpc) is 3.40. The van der Waals surface area contributed by atoms with Crippen molar-refractivity contribution >= 4 is 40.1 Å². The van der Waals surface area contributed by atoms with Crippen LogP contribution in [0, 0.1) is 6.92 Å². The molecular formula is C19H22N4O2S2. The van der Waals surface area contributed by atoms with E-state index < -0.39 is 0 Å². The van der Waals surface area contributed by atoms with E-state index >= 15 is 0 Å². The number of nitrogens with zero attached hydrogens (tertiary/aromatic N) is 3. The lowest BCUT2D eigenvalue weighted by atomic mass is 10.2. The number of hydrogen-bond acceptors (Lipinski definition) is 7. The minimum absolute atomic E-state index is 0.0981. The number of aryl methyl sites for hydroxylation is 1. The first-order valence-corrected chi connectivity index (χ1v) is 11.0.